The highest BCUT2D eigenvalue weighted by atomic mass is 32.1. The number of fused-ring (bicyclic) bond motifs is 1. The number of ketones is 1. The Morgan fingerprint density at radius 1 is 1.15 bits per heavy atom. The molecule has 3 heterocycles. The number of aromatic nitrogens is 3. The van der Waals surface area contributed by atoms with Crippen LogP contribution in [0.15, 0.2) is 42.7 Å². The third kappa shape index (κ3) is 4.31. The van der Waals surface area contributed by atoms with Gasteiger partial charge in [-0.25, -0.2) is 18.7 Å². The maximum atomic E-state index is 14.0. The molecule has 178 valence electrons. The van der Waals surface area contributed by atoms with E-state index in [1.54, 1.807) is 31.5 Å². The molecule has 0 unspecified atom stereocenters. The van der Waals surface area contributed by atoms with E-state index in [4.69, 9.17) is 4.74 Å². The van der Waals surface area contributed by atoms with E-state index in [1.807, 2.05) is 6.92 Å². The smallest absolute Gasteiger partial charge is 0.182 e. The van der Waals surface area contributed by atoms with Crippen molar-refractivity contribution in [3.63, 3.8) is 0 Å². The van der Waals surface area contributed by atoms with E-state index < -0.39 is 30.3 Å². The van der Waals surface area contributed by atoms with Crippen LogP contribution in [-0.4, -0.2) is 43.6 Å². The molecule has 0 spiro atoms. The molecule has 0 fully saturated rings. The number of rotatable bonds is 9. The highest BCUT2D eigenvalue weighted by molar-refractivity contribution is 7.11. The van der Waals surface area contributed by atoms with Crippen molar-refractivity contribution >= 4 is 22.8 Å². The third-order valence-corrected chi connectivity index (χ3v) is 6.82. The normalized spacial score (nSPS) is 11.8. The summed E-state index contributed by atoms with van der Waals surface area (Å²) in [5.74, 6) is -1.54. The summed E-state index contributed by atoms with van der Waals surface area (Å²) < 4.78 is 35.2. The Morgan fingerprint density at radius 2 is 1.85 bits per heavy atom. The molecule has 0 aliphatic carbocycles. The predicted molar refractivity (Wildman–Crippen MR) is 122 cm³/mol. The Hall–Kier alpha value is -3.21. The van der Waals surface area contributed by atoms with Crippen LogP contribution in [0.3, 0.4) is 0 Å². The van der Waals surface area contributed by atoms with Gasteiger partial charge < -0.3 is 14.9 Å². The molecule has 0 bridgehead atoms. The molecule has 10 heteroatoms. The van der Waals surface area contributed by atoms with Gasteiger partial charge in [-0.15, -0.1) is 11.3 Å². The van der Waals surface area contributed by atoms with Crippen LogP contribution in [0.4, 0.5) is 8.78 Å². The van der Waals surface area contributed by atoms with E-state index in [0.29, 0.717) is 16.3 Å². The van der Waals surface area contributed by atoms with Crippen molar-refractivity contribution in [1.29, 1.82) is 0 Å². The summed E-state index contributed by atoms with van der Waals surface area (Å²) in [6.07, 6.45) is 3.07. The molecule has 0 aliphatic rings. The number of aryl methyl sites for hydroxylation is 2. The molecular weight excluding hydrogens is 464 g/mol. The van der Waals surface area contributed by atoms with E-state index in [-0.39, 0.29) is 35.8 Å². The minimum atomic E-state index is -1.23. The summed E-state index contributed by atoms with van der Waals surface area (Å²) in [6, 6.07) is 6.80. The lowest BCUT2D eigenvalue weighted by Crippen LogP contribution is -2.37. The van der Waals surface area contributed by atoms with E-state index in [2.05, 4.69) is 9.97 Å². The van der Waals surface area contributed by atoms with E-state index in [0.717, 1.165) is 17.0 Å². The summed E-state index contributed by atoms with van der Waals surface area (Å²) in [6.45, 7) is 2.25. The first-order valence-corrected chi connectivity index (χ1v) is 11.3. The van der Waals surface area contributed by atoms with Crippen molar-refractivity contribution in [2.75, 3.05) is 13.2 Å². The second-order valence-corrected chi connectivity index (χ2v) is 9.31. The molecule has 0 atom stereocenters. The first kappa shape index (κ1) is 23.9. The molecule has 0 amide bonds. The van der Waals surface area contributed by atoms with Gasteiger partial charge in [0.25, 0.3) is 0 Å². The number of carbonyl (C=O) groups excluding carboxylic acids is 1. The van der Waals surface area contributed by atoms with Crippen LogP contribution in [0.25, 0.3) is 5.65 Å². The lowest BCUT2D eigenvalue weighted by atomic mass is 9.84. The van der Waals surface area contributed by atoms with Crippen LogP contribution in [0.5, 0.6) is 5.75 Å². The van der Waals surface area contributed by atoms with Crippen molar-refractivity contribution < 1.29 is 28.5 Å². The zero-order chi connectivity index (χ0) is 24.5. The number of thiazole rings is 1. The van der Waals surface area contributed by atoms with Gasteiger partial charge in [0.05, 0.1) is 29.9 Å². The van der Waals surface area contributed by atoms with Gasteiger partial charge in [-0.3, -0.25) is 9.20 Å². The second-order valence-electron chi connectivity index (χ2n) is 8.07. The van der Waals surface area contributed by atoms with Crippen molar-refractivity contribution in [3.8, 4) is 5.75 Å². The van der Waals surface area contributed by atoms with Crippen LogP contribution in [0, 0.1) is 25.5 Å². The number of hydrogen-bond acceptors (Lipinski definition) is 7. The largest absolute Gasteiger partial charge is 0.485 e. The molecule has 2 N–H and O–H groups in total. The standard InChI is InChI=1S/C24H23F2N3O4S/c1-14-10-27-23(34-14)24(12-30,13-31)9-19(32)21-15(2)28-22-20(7-4-8-29(21)22)33-11-16-17(25)5-3-6-18(16)26/h3-8,10,30-31H,9,11-13H2,1-2H3. The number of aliphatic hydroxyl groups excluding tert-OH is 2. The van der Waals surface area contributed by atoms with Gasteiger partial charge in [0.2, 0.25) is 0 Å². The number of pyridine rings is 1. The number of nitrogens with zero attached hydrogens (tertiary/aromatic N) is 3. The van der Waals surface area contributed by atoms with E-state index >= 15 is 0 Å². The van der Waals surface area contributed by atoms with Crippen LogP contribution in [0.1, 0.15) is 38.1 Å². The molecule has 7 nitrogen and oxygen atoms in total. The maximum Gasteiger partial charge on any atom is 0.182 e. The van der Waals surface area contributed by atoms with Gasteiger partial charge in [0.15, 0.2) is 17.2 Å². The highest BCUT2D eigenvalue weighted by Gasteiger charge is 2.38. The minimum absolute atomic E-state index is 0.187. The molecule has 4 rings (SSSR count). The number of carbonyl (C=O) groups is 1. The Labute approximate surface area is 198 Å². The van der Waals surface area contributed by atoms with Gasteiger partial charge >= 0.3 is 0 Å². The Bertz CT molecular complexity index is 1330. The zero-order valence-electron chi connectivity index (χ0n) is 18.6. The van der Waals surface area contributed by atoms with Crippen LogP contribution in [-0.2, 0) is 12.0 Å². The van der Waals surface area contributed by atoms with Crippen molar-refractivity contribution in [2.24, 2.45) is 0 Å². The van der Waals surface area contributed by atoms with E-state index in [1.165, 1.54) is 21.8 Å². The SMILES string of the molecule is Cc1cnc(C(CO)(CO)CC(=O)c2c(C)nc3c(OCc4c(F)cccc4F)cccn23)s1. The molecule has 1 aromatic carbocycles. The average Bonchev–Trinajstić information content (AvgIpc) is 3.40. The molecule has 0 saturated heterocycles. The van der Waals surface area contributed by atoms with Crippen LogP contribution >= 0.6 is 11.3 Å². The fourth-order valence-corrected chi connectivity index (χ4v) is 4.72. The van der Waals surface area contributed by atoms with Gasteiger partial charge in [-0.1, -0.05) is 6.07 Å². The number of hydrogen-bond donors (Lipinski definition) is 2. The van der Waals surface area contributed by atoms with Crippen molar-refractivity contribution in [3.05, 3.63) is 81.2 Å². The summed E-state index contributed by atoms with van der Waals surface area (Å²) in [5, 5.41) is 20.6. The van der Waals surface area contributed by atoms with Gasteiger partial charge in [-0.05, 0) is 38.1 Å². The summed E-state index contributed by atoms with van der Waals surface area (Å²) >= 11 is 1.31. The molecule has 0 radical (unpaired) electrons. The second kappa shape index (κ2) is 9.57. The van der Waals surface area contributed by atoms with Gasteiger partial charge in [0, 0.05) is 23.7 Å². The Morgan fingerprint density at radius 3 is 2.47 bits per heavy atom. The summed E-state index contributed by atoms with van der Waals surface area (Å²) in [4.78, 5) is 23.0. The molecular formula is C24H23F2N3O4S. The lowest BCUT2D eigenvalue weighted by Gasteiger charge is -2.26. The zero-order valence-corrected chi connectivity index (χ0v) is 19.4. The number of Topliss-reactive ketones (excluding diaryl/α,β-unsaturated/α-hetero) is 1. The van der Waals surface area contributed by atoms with Gasteiger partial charge in [0.1, 0.15) is 28.9 Å². The number of benzene rings is 1. The fraction of sp³-hybridized carbons (Fsp3) is 0.292. The van der Waals surface area contributed by atoms with Crippen molar-refractivity contribution in [2.45, 2.75) is 32.3 Å². The number of aliphatic hydroxyl groups is 2. The van der Waals surface area contributed by atoms with E-state index in [9.17, 15) is 23.8 Å². The van der Waals surface area contributed by atoms with Crippen LogP contribution in [0.2, 0.25) is 0 Å². The molecule has 34 heavy (non-hydrogen) atoms. The number of halogens is 2. The summed E-state index contributed by atoms with van der Waals surface area (Å²) in [7, 11) is 0. The maximum absolute atomic E-state index is 14.0. The highest BCUT2D eigenvalue weighted by Crippen LogP contribution is 2.33. The minimum Gasteiger partial charge on any atom is -0.485 e. The number of imidazole rings is 1. The molecule has 4 aromatic rings. The Balaban J connectivity index is 1.66. The van der Waals surface area contributed by atoms with Gasteiger partial charge in [-0.2, -0.15) is 0 Å². The first-order chi connectivity index (χ1) is 16.3. The Kier molecular flexibility index (Phi) is 6.74. The quantitative estimate of drug-likeness (QED) is 0.349. The third-order valence-electron chi connectivity index (χ3n) is 5.67. The predicted octanol–water partition coefficient (Wildman–Crippen LogP) is 3.76. The lowest BCUT2D eigenvalue weighted by molar-refractivity contribution is 0.0782. The average molecular weight is 488 g/mol. The number of ether oxygens (including phenoxy) is 1. The first-order valence-electron chi connectivity index (χ1n) is 10.5. The fourth-order valence-electron chi connectivity index (χ4n) is 3.79. The topological polar surface area (TPSA) is 97.0 Å². The van der Waals surface area contributed by atoms with Crippen LogP contribution < -0.4 is 4.74 Å². The molecule has 0 saturated carbocycles. The molecule has 3 aromatic heterocycles. The molecule has 0 aliphatic heterocycles. The monoisotopic (exact) mass is 487 g/mol. The summed E-state index contributed by atoms with van der Waals surface area (Å²) in [5.41, 5.74) is -0.458. The van der Waals surface area contributed by atoms with Crippen molar-refractivity contribution in [1.82, 2.24) is 14.4 Å².